The van der Waals surface area contributed by atoms with Gasteiger partial charge in [-0.25, -0.2) is 4.99 Å². The Morgan fingerprint density at radius 1 is 1.27 bits per heavy atom. The van der Waals surface area contributed by atoms with Gasteiger partial charge in [-0.05, 0) is 43.4 Å². The minimum atomic E-state index is 0. The molecule has 146 valence electrons. The molecule has 1 fully saturated rings. The van der Waals surface area contributed by atoms with Crippen molar-refractivity contribution in [3.05, 3.63) is 29.8 Å². The van der Waals surface area contributed by atoms with E-state index in [1.165, 1.54) is 25.7 Å². The van der Waals surface area contributed by atoms with Crippen LogP contribution < -0.4 is 16.0 Å². The predicted octanol–water partition coefficient (Wildman–Crippen LogP) is 4.29. The Labute approximate surface area is 174 Å². The molecule has 1 aromatic rings. The third kappa shape index (κ3) is 8.38. The lowest BCUT2D eigenvalue weighted by atomic mass is 10.1. The van der Waals surface area contributed by atoms with Crippen LogP contribution in [0.15, 0.2) is 29.3 Å². The van der Waals surface area contributed by atoms with Gasteiger partial charge in [-0.2, -0.15) is 0 Å². The smallest absolute Gasteiger partial charge is 0.224 e. The number of nitrogens with zero attached hydrogens (tertiary/aromatic N) is 1. The van der Waals surface area contributed by atoms with Gasteiger partial charge in [0.05, 0.1) is 6.54 Å². The van der Waals surface area contributed by atoms with Crippen LogP contribution in [0.2, 0.25) is 0 Å². The van der Waals surface area contributed by atoms with E-state index >= 15 is 0 Å². The molecule has 26 heavy (non-hydrogen) atoms. The van der Waals surface area contributed by atoms with Gasteiger partial charge in [0.2, 0.25) is 5.91 Å². The second-order valence-electron chi connectivity index (χ2n) is 7.17. The molecular formula is C20H33IN4O. The van der Waals surface area contributed by atoms with Gasteiger partial charge in [0.15, 0.2) is 5.96 Å². The Balaban J connectivity index is 0.00000338. The van der Waals surface area contributed by atoms with E-state index in [0.717, 1.165) is 23.8 Å². The number of aliphatic imine (C=N–C) groups is 1. The van der Waals surface area contributed by atoms with Crippen molar-refractivity contribution in [1.82, 2.24) is 10.6 Å². The van der Waals surface area contributed by atoms with Gasteiger partial charge in [0, 0.05) is 24.7 Å². The average molecular weight is 472 g/mol. The number of carbonyl (C=O) groups is 1. The Morgan fingerprint density at radius 2 is 2.00 bits per heavy atom. The van der Waals surface area contributed by atoms with Crippen LogP contribution >= 0.6 is 24.0 Å². The molecule has 6 heteroatoms. The van der Waals surface area contributed by atoms with Gasteiger partial charge in [0.25, 0.3) is 0 Å². The van der Waals surface area contributed by atoms with E-state index in [1.807, 2.05) is 38.1 Å². The number of amides is 1. The highest BCUT2D eigenvalue weighted by Gasteiger charge is 2.15. The monoisotopic (exact) mass is 472 g/mol. The molecule has 0 spiro atoms. The zero-order valence-corrected chi connectivity index (χ0v) is 18.5. The average Bonchev–Trinajstić information content (AvgIpc) is 3.05. The molecule has 0 radical (unpaired) electrons. The minimum absolute atomic E-state index is 0. The quantitative estimate of drug-likeness (QED) is 0.315. The molecular weight excluding hydrogens is 439 g/mol. The molecule has 0 heterocycles. The van der Waals surface area contributed by atoms with Crippen LogP contribution in [-0.4, -0.2) is 24.5 Å². The number of carbonyl (C=O) groups excluding carboxylic acids is 1. The molecule has 0 atom stereocenters. The second kappa shape index (κ2) is 12.1. The van der Waals surface area contributed by atoms with Crippen molar-refractivity contribution < 1.29 is 4.79 Å². The Morgan fingerprint density at radius 3 is 2.65 bits per heavy atom. The lowest BCUT2D eigenvalue weighted by molar-refractivity contribution is -0.116. The third-order valence-electron chi connectivity index (χ3n) is 4.26. The van der Waals surface area contributed by atoms with E-state index in [1.54, 1.807) is 0 Å². The van der Waals surface area contributed by atoms with Crippen LogP contribution in [0.25, 0.3) is 0 Å². The number of nitrogens with one attached hydrogen (secondary N) is 3. The van der Waals surface area contributed by atoms with Crippen molar-refractivity contribution >= 4 is 41.5 Å². The Bertz CT molecular complexity index is 583. The van der Waals surface area contributed by atoms with E-state index < -0.39 is 0 Å². The molecule has 1 amide bonds. The molecule has 0 saturated heterocycles. The van der Waals surface area contributed by atoms with Crippen LogP contribution in [-0.2, 0) is 11.3 Å². The van der Waals surface area contributed by atoms with E-state index in [9.17, 15) is 4.79 Å². The fourth-order valence-electron chi connectivity index (χ4n) is 3.08. The lowest BCUT2D eigenvalue weighted by Gasteiger charge is -2.16. The van der Waals surface area contributed by atoms with Crippen LogP contribution in [0.5, 0.6) is 0 Å². The number of guanidine groups is 1. The van der Waals surface area contributed by atoms with Crippen LogP contribution in [0.3, 0.4) is 0 Å². The summed E-state index contributed by atoms with van der Waals surface area (Å²) < 4.78 is 0. The van der Waals surface area contributed by atoms with Gasteiger partial charge in [0.1, 0.15) is 0 Å². The van der Waals surface area contributed by atoms with Gasteiger partial charge in [-0.3, -0.25) is 4.79 Å². The summed E-state index contributed by atoms with van der Waals surface area (Å²) in [6.07, 6.45) is 5.59. The zero-order chi connectivity index (χ0) is 18.1. The van der Waals surface area contributed by atoms with E-state index in [2.05, 4.69) is 22.9 Å². The number of hydrogen-bond donors (Lipinski definition) is 3. The summed E-state index contributed by atoms with van der Waals surface area (Å²) in [5.74, 6) is 1.30. The molecule has 2 rings (SSSR count). The highest BCUT2D eigenvalue weighted by molar-refractivity contribution is 14.0. The van der Waals surface area contributed by atoms with Gasteiger partial charge in [-0.15, -0.1) is 24.0 Å². The molecule has 0 unspecified atom stereocenters. The first kappa shape index (κ1) is 22.7. The first-order valence-corrected chi connectivity index (χ1v) is 9.50. The number of benzene rings is 1. The standard InChI is InChI=1S/C20H32N4O.HI/c1-4-21-20(24-17-9-5-6-10-17)22-14-16-8-7-11-18(13-16)23-19(25)12-15(2)3;/h7-8,11,13,15,17H,4-6,9-10,12,14H2,1-3H3,(H,23,25)(H2,21,22,24);1H. The molecule has 5 nitrogen and oxygen atoms in total. The largest absolute Gasteiger partial charge is 0.357 e. The molecule has 0 aromatic heterocycles. The molecule has 0 aliphatic heterocycles. The molecule has 3 N–H and O–H groups in total. The van der Waals surface area contributed by atoms with Crippen molar-refractivity contribution in [2.75, 3.05) is 11.9 Å². The summed E-state index contributed by atoms with van der Waals surface area (Å²) in [4.78, 5) is 16.6. The fourth-order valence-corrected chi connectivity index (χ4v) is 3.08. The van der Waals surface area contributed by atoms with Gasteiger partial charge in [-0.1, -0.05) is 38.8 Å². The maximum Gasteiger partial charge on any atom is 0.224 e. The Hall–Kier alpha value is -1.31. The van der Waals surface area contributed by atoms with Crippen molar-refractivity contribution in [1.29, 1.82) is 0 Å². The minimum Gasteiger partial charge on any atom is -0.357 e. The van der Waals surface area contributed by atoms with Crippen molar-refractivity contribution in [3.63, 3.8) is 0 Å². The lowest BCUT2D eigenvalue weighted by Crippen LogP contribution is -2.42. The summed E-state index contributed by atoms with van der Waals surface area (Å²) in [6.45, 7) is 7.62. The predicted molar refractivity (Wildman–Crippen MR) is 120 cm³/mol. The van der Waals surface area contributed by atoms with E-state index in [4.69, 9.17) is 4.99 Å². The van der Waals surface area contributed by atoms with Crippen LogP contribution in [0.4, 0.5) is 5.69 Å². The first-order valence-electron chi connectivity index (χ1n) is 9.50. The molecule has 0 bridgehead atoms. The summed E-state index contributed by atoms with van der Waals surface area (Å²) in [6, 6.07) is 8.47. The molecule has 1 aliphatic carbocycles. The third-order valence-corrected chi connectivity index (χ3v) is 4.26. The van der Waals surface area contributed by atoms with Crippen molar-refractivity contribution in [2.24, 2.45) is 10.9 Å². The number of halogens is 1. The Kier molecular flexibility index (Phi) is 10.6. The normalized spacial score (nSPS) is 14.8. The maximum atomic E-state index is 11.9. The maximum absolute atomic E-state index is 11.9. The zero-order valence-electron chi connectivity index (χ0n) is 16.2. The summed E-state index contributed by atoms with van der Waals surface area (Å²) in [7, 11) is 0. The number of hydrogen-bond acceptors (Lipinski definition) is 2. The molecule has 1 aromatic carbocycles. The summed E-state index contributed by atoms with van der Waals surface area (Å²) >= 11 is 0. The second-order valence-corrected chi connectivity index (χ2v) is 7.17. The van der Waals surface area contributed by atoms with Crippen molar-refractivity contribution in [2.45, 2.75) is 65.5 Å². The molecule has 1 aliphatic rings. The van der Waals surface area contributed by atoms with E-state index in [-0.39, 0.29) is 29.9 Å². The summed E-state index contributed by atoms with van der Waals surface area (Å²) in [5.41, 5.74) is 1.93. The SMILES string of the molecule is CCNC(=NCc1cccc(NC(=O)CC(C)C)c1)NC1CCCC1.I. The van der Waals surface area contributed by atoms with Crippen LogP contribution in [0.1, 0.15) is 58.4 Å². The van der Waals surface area contributed by atoms with Gasteiger partial charge >= 0.3 is 0 Å². The van der Waals surface area contributed by atoms with Crippen molar-refractivity contribution in [3.8, 4) is 0 Å². The fraction of sp³-hybridized carbons (Fsp3) is 0.600. The number of anilines is 1. The van der Waals surface area contributed by atoms with Gasteiger partial charge < -0.3 is 16.0 Å². The van der Waals surface area contributed by atoms with E-state index in [0.29, 0.717) is 24.9 Å². The highest BCUT2D eigenvalue weighted by atomic mass is 127. The summed E-state index contributed by atoms with van der Waals surface area (Å²) in [5, 5.41) is 9.81. The molecule has 1 saturated carbocycles. The first-order chi connectivity index (χ1) is 12.1. The van der Waals surface area contributed by atoms with Crippen LogP contribution in [0, 0.1) is 5.92 Å². The topological polar surface area (TPSA) is 65.5 Å². The number of rotatable bonds is 7. The highest BCUT2D eigenvalue weighted by Crippen LogP contribution is 2.17.